The topological polar surface area (TPSA) is 32.3 Å². The van der Waals surface area contributed by atoms with Gasteiger partial charge in [-0.1, -0.05) is 30.7 Å². The van der Waals surface area contributed by atoms with Crippen molar-refractivity contribution in [1.29, 1.82) is 0 Å². The van der Waals surface area contributed by atoms with Crippen molar-refractivity contribution in [1.82, 2.24) is 10.2 Å². The van der Waals surface area contributed by atoms with E-state index in [1.807, 2.05) is 14.0 Å². The smallest absolute Gasteiger partial charge is 0.347 e. The summed E-state index contributed by atoms with van der Waals surface area (Å²) in [5.74, 6) is -4.69. The number of alkyl halides is 2. The molecule has 1 fully saturated rings. The number of hydrogen-bond acceptors (Lipinski definition) is 2. The molecule has 1 heterocycles. The van der Waals surface area contributed by atoms with Crippen LogP contribution in [0.1, 0.15) is 18.9 Å². The van der Waals surface area contributed by atoms with E-state index in [0.717, 1.165) is 19.2 Å². The predicted molar refractivity (Wildman–Crippen MR) is 78.6 cm³/mol. The number of nitrogens with one attached hydrogen (secondary N) is 1. The van der Waals surface area contributed by atoms with Gasteiger partial charge in [-0.2, -0.15) is 8.78 Å². The van der Waals surface area contributed by atoms with E-state index < -0.39 is 11.8 Å². The van der Waals surface area contributed by atoms with E-state index in [1.54, 1.807) is 0 Å². The summed E-state index contributed by atoms with van der Waals surface area (Å²) in [6.07, 6.45) is 0.676. The SMILES string of the molecule is C[C@H]1CN(C)CC[C@@H]1NC(=O)C(F)(F)c1cccc(Cl)c1. The molecule has 3 nitrogen and oxygen atoms in total. The Labute approximate surface area is 128 Å². The van der Waals surface area contributed by atoms with Crippen molar-refractivity contribution in [2.75, 3.05) is 20.1 Å². The number of halogens is 3. The molecule has 1 saturated heterocycles. The van der Waals surface area contributed by atoms with E-state index in [4.69, 9.17) is 11.6 Å². The van der Waals surface area contributed by atoms with Gasteiger partial charge in [-0.25, -0.2) is 0 Å². The average molecular weight is 317 g/mol. The molecular weight excluding hydrogens is 298 g/mol. The second-order valence-corrected chi connectivity index (χ2v) is 6.13. The van der Waals surface area contributed by atoms with Gasteiger partial charge in [0.1, 0.15) is 0 Å². The van der Waals surface area contributed by atoms with Gasteiger partial charge < -0.3 is 10.2 Å². The van der Waals surface area contributed by atoms with E-state index >= 15 is 0 Å². The van der Waals surface area contributed by atoms with Gasteiger partial charge in [0.15, 0.2) is 0 Å². The Morgan fingerprint density at radius 1 is 1.48 bits per heavy atom. The highest BCUT2D eigenvalue weighted by Crippen LogP contribution is 2.30. The second-order valence-electron chi connectivity index (χ2n) is 5.69. The molecule has 1 aliphatic rings. The normalized spacial score (nSPS) is 23.9. The van der Waals surface area contributed by atoms with Crippen molar-refractivity contribution >= 4 is 17.5 Å². The van der Waals surface area contributed by atoms with E-state index in [1.165, 1.54) is 18.2 Å². The molecule has 6 heteroatoms. The fourth-order valence-corrected chi connectivity index (χ4v) is 2.83. The van der Waals surface area contributed by atoms with Crippen LogP contribution in [0.15, 0.2) is 24.3 Å². The van der Waals surface area contributed by atoms with Gasteiger partial charge in [-0.3, -0.25) is 4.79 Å². The highest BCUT2D eigenvalue weighted by Gasteiger charge is 2.42. The number of piperidine rings is 1. The van der Waals surface area contributed by atoms with Crippen LogP contribution in [-0.2, 0) is 10.7 Å². The van der Waals surface area contributed by atoms with Gasteiger partial charge in [-0.15, -0.1) is 0 Å². The van der Waals surface area contributed by atoms with Crippen LogP contribution in [0.25, 0.3) is 0 Å². The quantitative estimate of drug-likeness (QED) is 0.930. The van der Waals surface area contributed by atoms with E-state index in [2.05, 4.69) is 10.2 Å². The summed E-state index contributed by atoms with van der Waals surface area (Å²) in [7, 11) is 1.98. The minimum atomic E-state index is -3.58. The second kappa shape index (κ2) is 6.28. The fraction of sp³-hybridized carbons (Fsp3) is 0.533. The third-order valence-corrected chi connectivity index (χ3v) is 4.13. The van der Waals surface area contributed by atoms with Gasteiger partial charge >= 0.3 is 5.92 Å². The third-order valence-electron chi connectivity index (χ3n) is 3.90. The minimum absolute atomic E-state index is 0.142. The molecule has 0 saturated carbocycles. The summed E-state index contributed by atoms with van der Waals surface area (Å²) in [6.45, 7) is 3.53. The maximum atomic E-state index is 14.2. The Morgan fingerprint density at radius 2 is 2.19 bits per heavy atom. The maximum Gasteiger partial charge on any atom is 0.349 e. The van der Waals surface area contributed by atoms with Crippen LogP contribution in [0.5, 0.6) is 0 Å². The highest BCUT2D eigenvalue weighted by molar-refractivity contribution is 6.30. The number of nitrogens with zero attached hydrogens (tertiary/aromatic N) is 1. The number of carbonyl (C=O) groups excluding carboxylic acids is 1. The first-order chi connectivity index (χ1) is 9.80. The van der Waals surface area contributed by atoms with Gasteiger partial charge in [-0.05, 0) is 38.1 Å². The Kier molecular flexibility index (Phi) is 4.84. The largest absolute Gasteiger partial charge is 0.349 e. The zero-order valence-corrected chi connectivity index (χ0v) is 12.8. The van der Waals surface area contributed by atoms with Gasteiger partial charge in [0.05, 0.1) is 0 Å². The molecule has 2 rings (SSSR count). The van der Waals surface area contributed by atoms with Crippen LogP contribution in [0, 0.1) is 5.92 Å². The zero-order valence-electron chi connectivity index (χ0n) is 12.1. The van der Waals surface area contributed by atoms with Crippen molar-refractivity contribution in [3.05, 3.63) is 34.9 Å². The summed E-state index contributed by atoms with van der Waals surface area (Å²) >= 11 is 5.72. The molecular formula is C15H19ClF2N2O. The molecule has 1 aromatic carbocycles. The van der Waals surface area contributed by atoms with Gasteiger partial charge in [0, 0.05) is 23.2 Å². The van der Waals surface area contributed by atoms with Crippen molar-refractivity contribution in [3.63, 3.8) is 0 Å². The Morgan fingerprint density at radius 3 is 2.81 bits per heavy atom. The first kappa shape index (κ1) is 16.2. The van der Waals surface area contributed by atoms with Crippen molar-refractivity contribution in [2.45, 2.75) is 25.3 Å². The number of benzene rings is 1. The van der Waals surface area contributed by atoms with Crippen LogP contribution in [0.2, 0.25) is 5.02 Å². The fourth-order valence-electron chi connectivity index (χ4n) is 2.64. The minimum Gasteiger partial charge on any atom is -0.347 e. The summed E-state index contributed by atoms with van der Waals surface area (Å²) < 4.78 is 28.4. The Bertz CT molecular complexity index is 524. The highest BCUT2D eigenvalue weighted by atomic mass is 35.5. The van der Waals surface area contributed by atoms with Crippen LogP contribution in [0.3, 0.4) is 0 Å². The monoisotopic (exact) mass is 316 g/mol. The van der Waals surface area contributed by atoms with Crippen molar-refractivity contribution in [3.8, 4) is 0 Å². The summed E-state index contributed by atoms with van der Waals surface area (Å²) in [6, 6.07) is 5.02. The number of rotatable bonds is 3. The molecule has 1 amide bonds. The Hall–Kier alpha value is -1.20. The molecule has 1 N–H and O–H groups in total. The lowest BCUT2D eigenvalue weighted by molar-refractivity contribution is -0.148. The lowest BCUT2D eigenvalue weighted by atomic mass is 9.93. The van der Waals surface area contributed by atoms with Crippen molar-refractivity contribution < 1.29 is 13.6 Å². The van der Waals surface area contributed by atoms with Crippen molar-refractivity contribution in [2.24, 2.45) is 5.92 Å². The van der Waals surface area contributed by atoms with Crippen LogP contribution in [-0.4, -0.2) is 37.0 Å². The molecule has 0 aliphatic carbocycles. The number of carbonyl (C=O) groups is 1. The lowest BCUT2D eigenvalue weighted by Crippen LogP contribution is -2.52. The molecule has 116 valence electrons. The molecule has 0 spiro atoms. The Balaban J connectivity index is 2.08. The lowest BCUT2D eigenvalue weighted by Gasteiger charge is -2.35. The summed E-state index contributed by atoms with van der Waals surface area (Å²) in [4.78, 5) is 14.1. The average Bonchev–Trinajstić information content (AvgIpc) is 2.41. The van der Waals surface area contributed by atoms with E-state index in [0.29, 0.717) is 6.42 Å². The standard InChI is InChI=1S/C15H19ClF2N2O/c1-10-9-20(2)7-6-13(10)19-14(21)15(17,18)11-4-3-5-12(16)8-11/h3-5,8,10,13H,6-7,9H2,1-2H3,(H,19,21)/t10-,13-/m0/s1. The number of amides is 1. The number of likely N-dealkylation sites (tertiary alicyclic amines) is 1. The van der Waals surface area contributed by atoms with Crippen LogP contribution >= 0.6 is 11.6 Å². The molecule has 1 aliphatic heterocycles. The van der Waals surface area contributed by atoms with Crippen LogP contribution in [0.4, 0.5) is 8.78 Å². The summed E-state index contributed by atoms with van der Waals surface area (Å²) in [5.41, 5.74) is -0.381. The molecule has 0 radical (unpaired) electrons. The molecule has 0 unspecified atom stereocenters. The van der Waals surface area contributed by atoms with Gasteiger partial charge in [0.2, 0.25) is 0 Å². The zero-order chi connectivity index (χ0) is 15.6. The van der Waals surface area contributed by atoms with Gasteiger partial charge in [0.25, 0.3) is 5.91 Å². The molecule has 0 aromatic heterocycles. The molecule has 21 heavy (non-hydrogen) atoms. The predicted octanol–water partition coefficient (Wildman–Crippen LogP) is 2.89. The summed E-state index contributed by atoms with van der Waals surface area (Å²) in [5, 5.41) is 2.68. The third kappa shape index (κ3) is 3.71. The number of hydrogen-bond donors (Lipinski definition) is 1. The first-order valence-electron chi connectivity index (χ1n) is 6.94. The van der Waals surface area contributed by atoms with E-state index in [9.17, 15) is 13.6 Å². The first-order valence-corrected chi connectivity index (χ1v) is 7.32. The molecule has 1 aromatic rings. The molecule has 2 atom stereocenters. The maximum absolute atomic E-state index is 14.2. The van der Waals surface area contributed by atoms with E-state index in [-0.39, 0.29) is 22.5 Å². The van der Waals surface area contributed by atoms with Crippen LogP contribution < -0.4 is 5.32 Å². The molecule has 0 bridgehead atoms.